The molecule has 5 nitrogen and oxygen atoms in total. The van der Waals surface area contributed by atoms with E-state index in [1.165, 1.54) is 0 Å². The Morgan fingerprint density at radius 2 is 1.41 bits per heavy atom. The first-order valence-corrected chi connectivity index (χ1v) is 9.44. The largest absolute Gasteiger partial charge is 0.493 e. The summed E-state index contributed by atoms with van der Waals surface area (Å²) in [5.74, 6) is 2.82. The average Bonchev–Trinajstić information content (AvgIpc) is 3.09. The second kappa shape index (κ2) is 8.31. The zero-order chi connectivity index (χ0) is 19.4. The van der Waals surface area contributed by atoms with E-state index < -0.39 is 0 Å². The van der Waals surface area contributed by atoms with E-state index in [1.54, 1.807) is 32.7 Å². The molecule has 0 saturated heterocycles. The molecule has 0 aliphatic carbocycles. The quantitative estimate of drug-likeness (QED) is 0.559. The maximum absolute atomic E-state index is 5.60. The third kappa shape index (κ3) is 3.85. The van der Waals surface area contributed by atoms with Gasteiger partial charge in [0, 0.05) is 16.0 Å². The van der Waals surface area contributed by atoms with Gasteiger partial charge in [0.1, 0.15) is 5.01 Å². The van der Waals surface area contributed by atoms with Gasteiger partial charge in [-0.15, -0.1) is 11.3 Å². The molecule has 2 aromatic carbocycles. The molecule has 0 saturated carbocycles. The van der Waals surface area contributed by atoms with E-state index in [-0.39, 0.29) is 0 Å². The van der Waals surface area contributed by atoms with Crippen molar-refractivity contribution >= 4 is 11.3 Å². The summed E-state index contributed by atoms with van der Waals surface area (Å²) < 4.78 is 21.8. The fraction of sp³-hybridized carbons (Fsp3) is 0.286. The first-order valence-electron chi connectivity index (χ1n) is 8.62. The molecule has 1 heterocycles. The van der Waals surface area contributed by atoms with E-state index in [1.807, 2.05) is 43.3 Å². The van der Waals surface area contributed by atoms with Crippen LogP contribution in [0.25, 0.3) is 21.8 Å². The predicted octanol–water partition coefficient (Wildman–Crippen LogP) is 5.21. The molecule has 3 aromatic rings. The van der Waals surface area contributed by atoms with Crippen molar-refractivity contribution in [3.8, 4) is 44.8 Å². The van der Waals surface area contributed by atoms with Crippen LogP contribution in [-0.2, 0) is 0 Å². The van der Waals surface area contributed by atoms with Gasteiger partial charge in [0.25, 0.3) is 0 Å². The van der Waals surface area contributed by atoms with Crippen LogP contribution in [0.2, 0.25) is 0 Å². The molecule has 0 amide bonds. The minimum atomic E-state index is 0.593. The highest BCUT2D eigenvalue weighted by atomic mass is 32.1. The lowest BCUT2D eigenvalue weighted by molar-refractivity contribution is 0.311. The lowest BCUT2D eigenvalue weighted by Gasteiger charge is -2.10. The van der Waals surface area contributed by atoms with Gasteiger partial charge in [-0.3, -0.25) is 0 Å². The number of methoxy groups -OCH3 is 3. The maximum Gasteiger partial charge on any atom is 0.161 e. The van der Waals surface area contributed by atoms with Crippen LogP contribution in [0.5, 0.6) is 23.0 Å². The molecule has 0 N–H and O–H groups in total. The van der Waals surface area contributed by atoms with E-state index in [0.717, 1.165) is 32.5 Å². The van der Waals surface area contributed by atoms with Crippen LogP contribution >= 0.6 is 11.3 Å². The number of aromatic nitrogens is 1. The second-order valence-corrected chi connectivity index (χ2v) is 7.00. The Balaban J connectivity index is 2.00. The van der Waals surface area contributed by atoms with E-state index in [0.29, 0.717) is 23.9 Å². The van der Waals surface area contributed by atoms with Crippen LogP contribution < -0.4 is 18.9 Å². The fourth-order valence-electron chi connectivity index (χ4n) is 2.85. The Morgan fingerprint density at radius 1 is 0.815 bits per heavy atom. The van der Waals surface area contributed by atoms with Gasteiger partial charge < -0.3 is 18.9 Å². The van der Waals surface area contributed by atoms with Crippen molar-refractivity contribution in [2.24, 2.45) is 0 Å². The summed E-state index contributed by atoms with van der Waals surface area (Å²) in [6.07, 6.45) is 0. The van der Waals surface area contributed by atoms with Crippen LogP contribution in [-0.4, -0.2) is 32.9 Å². The molecule has 0 aliphatic heterocycles. The predicted molar refractivity (Wildman–Crippen MR) is 109 cm³/mol. The van der Waals surface area contributed by atoms with Crippen LogP contribution in [0.15, 0.2) is 36.4 Å². The lowest BCUT2D eigenvalue weighted by Crippen LogP contribution is -1.95. The van der Waals surface area contributed by atoms with E-state index >= 15 is 0 Å². The summed E-state index contributed by atoms with van der Waals surface area (Å²) in [6, 6.07) is 11.7. The lowest BCUT2D eigenvalue weighted by atomic mass is 10.1. The molecule has 0 spiro atoms. The highest BCUT2D eigenvalue weighted by molar-refractivity contribution is 7.15. The van der Waals surface area contributed by atoms with Crippen LogP contribution in [0.1, 0.15) is 11.8 Å². The van der Waals surface area contributed by atoms with Crippen molar-refractivity contribution in [1.82, 2.24) is 4.98 Å². The van der Waals surface area contributed by atoms with Crippen LogP contribution in [0, 0.1) is 6.92 Å². The van der Waals surface area contributed by atoms with E-state index in [9.17, 15) is 0 Å². The molecular formula is C21H23NO4S. The molecule has 0 aliphatic rings. The van der Waals surface area contributed by atoms with Gasteiger partial charge in [-0.1, -0.05) is 0 Å². The highest BCUT2D eigenvalue weighted by Gasteiger charge is 2.15. The molecule has 142 valence electrons. The topological polar surface area (TPSA) is 49.8 Å². The SMILES string of the molecule is CCOc1ccc(-c2nc(-c3ccc(OC)c(OC)c3)c(C)s2)cc1OC. The molecule has 0 fully saturated rings. The summed E-state index contributed by atoms with van der Waals surface area (Å²) >= 11 is 1.64. The molecular weight excluding hydrogens is 362 g/mol. The molecule has 0 bridgehead atoms. The number of thiazole rings is 1. The van der Waals surface area contributed by atoms with Crippen molar-refractivity contribution in [1.29, 1.82) is 0 Å². The summed E-state index contributed by atoms with van der Waals surface area (Å²) in [5, 5.41) is 0.929. The molecule has 3 rings (SSSR count). The van der Waals surface area contributed by atoms with Crippen molar-refractivity contribution in [3.63, 3.8) is 0 Å². The molecule has 1 aromatic heterocycles. The first-order chi connectivity index (χ1) is 13.1. The minimum Gasteiger partial charge on any atom is -0.493 e. The summed E-state index contributed by atoms with van der Waals surface area (Å²) in [4.78, 5) is 5.99. The van der Waals surface area contributed by atoms with E-state index in [2.05, 4.69) is 6.92 Å². The van der Waals surface area contributed by atoms with Gasteiger partial charge in [0.05, 0.1) is 33.6 Å². The third-order valence-corrected chi connectivity index (χ3v) is 5.18. The molecule has 0 unspecified atom stereocenters. The third-order valence-electron chi connectivity index (χ3n) is 4.16. The van der Waals surface area contributed by atoms with Crippen molar-refractivity contribution in [2.45, 2.75) is 13.8 Å². The fourth-order valence-corrected chi connectivity index (χ4v) is 3.78. The van der Waals surface area contributed by atoms with Gasteiger partial charge in [0.15, 0.2) is 23.0 Å². The van der Waals surface area contributed by atoms with Gasteiger partial charge in [-0.05, 0) is 50.2 Å². The number of nitrogens with zero attached hydrogens (tertiary/aromatic N) is 1. The summed E-state index contributed by atoms with van der Waals surface area (Å²) in [6.45, 7) is 4.61. The van der Waals surface area contributed by atoms with E-state index in [4.69, 9.17) is 23.9 Å². The average molecular weight is 385 g/mol. The number of benzene rings is 2. The Bertz CT molecular complexity index is 936. The van der Waals surface area contributed by atoms with Gasteiger partial charge in [0.2, 0.25) is 0 Å². The molecule has 0 radical (unpaired) electrons. The summed E-state index contributed by atoms with van der Waals surface area (Å²) in [7, 11) is 4.90. The zero-order valence-corrected chi connectivity index (χ0v) is 17.0. The summed E-state index contributed by atoms with van der Waals surface area (Å²) in [5.41, 5.74) is 2.92. The normalized spacial score (nSPS) is 10.6. The molecule has 6 heteroatoms. The van der Waals surface area contributed by atoms with Crippen molar-refractivity contribution in [3.05, 3.63) is 41.3 Å². The highest BCUT2D eigenvalue weighted by Crippen LogP contribution is 2.39. The number of hydrogen-bond donors (Lipinski definition) is 0. The van der Waals surface area contributed by atoms with Gasteiger partial charge in [-0.2, -0.15) is 0 Å². The maximum atomic E-state index is 5.60. The number of ether oxygens (including phenoxy) is 4. The zero-order valence-electron chi connectivity index (χ0n) is 16.2. The monoisotopic (exact) mass is 385 g/mol. The Morgan fingerprint density at radius 3 is 2.07 bits per heavy atom. The molecule has 0 atom stereocenters. The Kier molecular flexibility index (Phi) is 5.86. The second-order valence-electron chi connectivity index (χ2n) is 5.79. The van der Waals surface area contributed by atoms with Crippen molar-refractivity contribution in [2.75, 3.05) is 27.9 Å². The van der Waals surface area contributed by atoms with Gasteiger partial charge in [-0.25, -0.2) is 4.98 Å². The Labute approximate surface area is 163 Å². The standard InChI is InChI=1S/C21H23NO4S/c1-6-26-17-10-8-15(12-19(17)25-5)21-22-20(13(2)27-21)14-7-9-16(23-3)18(11-14)24-4/h7-12H,6H2,1-5H3. The number of aryl methyl sites for hydroxylation is 1. The van der Waals surface area contributed by atoms with Gasteiger partial charge >= 0.3 is 0 Å². The Hall–Kier alpha value is -2.73. The van der Waals surface area contributed by atoms with Crippen molar-refractivity contribution < 1.29 is 18.9 Å². The first kappa shape index (κ1) is 19.0. The minimum absolute atomic E-state index is 0.593. The number of rotatable bonds is 7. The van der Waals surface area contributed by atoms with Crippen LogP contribution in [0.4, 0.5) is 0 Å². The van der Waals surface area contributed by atoms with Crippen LogP contribution in [0.3, 0.4) is 0 Å². The molecule has 27 heavy (non-hydrogen) atoms. The smallest absolute Gasteiger partial charge is 0.161 e. The number of hydrogen-bond acceptors (Lipinski definition) is 6.